The number of guanidine groups is 1. The predicted octanol–water partition coefficient (Wildman–Crippen LogP) is 3.37. The number of pyridine rings is 1. The number of aliphatic imine (C=N–C) groups is 1. The molecule has 0 atom stereocenters. The molecule has 0 aliphatic carbocycles. The fourth-order valence-electron chi connectivity index (χ4n) is 2.38. The Kier molecular flexibility index (Phi) is 7.40. The molecule has 6 nitrogen and oxygen atoms in total. The lowest BCUT2D eigenvalue weighted by molar-refractivity contribution is -0.137. The molecule has 0 spiro atoms. The molecule has 0 saturated heterocycles. The number of alkyl halides is 3. The normalized spacial score (nSPS) is 12.1. The molecule has 2 aromatic rings. The van der Waals surface area contributed by atoms with E-state index in [1.54, 1.807) is 11.3 Å². The van der Waals surface area contributed by atoms with Gasteiger partial charge in [-0.2, -0.15) is 13.2 Å². The quantitative estimate of drug-likeness (QED) is 0.424. The van der Waals surface area contributed by atoms with E-state index in [0.29, 0.717) is 25.6 Å². The Hall–Kier alpha value is -2.36. The van der Waals surface area contributed by atoms with Crippen LogP contribution in [-0.2, 0) is 12.7 Å². The summed E-state index contributed by atoms with van der Waals surface area (Å²) < 4.78 is 38.9. The number of hydrogen-bond acceptors (Lipinski definition) is 5. The minimum atomic E-state index is -4.44. The van der Waals surface area contributed by atoms with Crippen LogP contribution < -0.4 is 10.6 Å². The second-order valence-corrected chi connectivity index (χ2v) is 6.84. The fraction of sp³-hybridized carbons (Fsp3) is 0.471. The maximum atomic E-state index is 13.0. The molecule has 2 rings (SSSR count). The minimum Gasteiger partial charge on any atom is -0.368 e. The Morgan fingerprint density at radius 2 is 2.15 bits per heavy atom. The van der Waals surface area contributed by atoms with Gasteiger partial charge in [-0.05, 0) is 26.0 Å². The van der Waals surface area contributed by atoms with Crippen LogP contribution in [0.3, 0.4) is 0 Å². The van der Waals surface area contributed by atoms with Crippen LogP contribution in [0, 0.1) is 6.92 Å². The Balaban J connectivity index is 1.95. The molecule has 2 aromatic heterocycles. The molecule has 27 heavy (non-hydrogen) atoms. The van der Waals surface area contributed by atoms with Crippen LogP contribution in [0.25, 0.3) is 0 Å². The van der Waals surface area contributed by atoms with Gasteiger partial charge in [0.2, 0.25) is 0 Å². The summed E-state index contributed by atoms with van der Waals surface area (Å²) >= 11 is 1.59. The molecule has 2 heterocycles. The molecule has 0 aliphatic heterocycles. The first-order chi connectivity index (χ1) is 12.8. The zero-order chi connectivity index (χ0) is 19.9. The summed E-state index contributed by atoms with van der Waals surface area (Å²) in [4.78, 5) is 14.6. The van der Waals surface area contributed by atoms with Crippen LogP contribution in [0.4, 0.5) is 19.0 Å². The number of aromatic nitrogens is 2. The van der Waals surface area contributed by atoms with Crippen molar-refractivity contribution in [2.45, 2.75) is 26.6 Å². The van der Waals surface area contributed by atoms with Gasteiger partial charge in [0.25, 0.3) is 0 Å². The number of nitrogens with zero attached hydrogens (tertiary/aromatic N) is 4. The summed E-state index contributed by atoms with van der Waals surface area (Å²) in [6.45, 7) is 5.73. The lowest BCUT2D eigenvalue weighted by Crippen LogP contribution is -2.38. The SMILES string of the molecule is CCNC(=NCCNc1ncccc1C(F)(F)F)N(C)Cc1csc(C)n1. The third-order valence-corrected chi connectivity index (χ3v) is 4.36. The minimum absolute atomic E-state index is 0.184. The monoisotopic (exact) mass is 400 g/mol. The van der Waals surface area contributed by atoms with Gasteiger partial charge in [0, 0.05) is 31.7 Å². The third-order valence-electron chi connectivity index (χ3n) is 3.54. The second kappa shape index (κ2) is 9.54. The van der Waals surface area contributed by atoms with Crippen LogP contribution in [0.15, 0.2) is 28.7 Å². The smallest absolute Gasteiger partial charge is 0.368 e. The van der Waals surface area contributed by atoms with Crippen molar-refractivity contribution >= 4 is 23.1 Å². The number of aryl methyl sites for hydroxylation is 1. The second-order valence-electron chi connectivity index (χ2n) is 5.77. The van der Waals surface area contributed by atoms with Crippen molar-refractivity contribution in [3.05, 3.63) is 40.0 Å². The first-order valence-corrected chi connectivity index (χ1v) is 9.35. The molecule has 0 aromatic carbocycles. The van der Waals surface area contributed by atoms with Crippen LogP contribution in [0.2, 0.25) is 0 Å². The van der Waals surface area contributed by atoms with Crippen molar-refractivity contribution in [3.8, 4) is 0 Å². The summed E-state index contributed by atoms with van der Waals surface area (Å²) in [5.41, 5.74) is 0.170. The number of hydrogen-bond donors (Lipinski definition) is 2. The molecule has 0 unspecified atom stereocenters. The molecule has 148 valence electrons. The van der Waals surface area contributed by atoms with Crippen LogP contribution >= 0.6 is 11.3 Å². The van der Waals surface area contributed by atoms with Crippen molar-refractivity contribution in [3.63, 3.8) is 0 Å². The molecule has 0 radical (unpaired) electrons. The first-order valence-electron chi connectivity index (χ1n) is 8.47. The van der Waals surface area contributed by atoms with Crippen molar-refractivity contribution in [1.82, 2.24) is 20.2 Å². The largest absolute Gasteiger partial charge is 0.419 e. The van der Waals surface area contributed by atoms with E-state index >= 15 is 0 Å². The predicted molar refractivity (Wildman–Crippen MR) is 102 cm³/mol. The Bertz CT molecular complexity index is 759. The van der Waals surface area contributed by atoms with Crippen molar-refractivity contribution in [1.29, 1.82) is 0 Å². The molecular weight excluding hydrogens is 377 g/mol. The highest BCUT2D eigenvalue weighted by Crippen LogP contribution is 2.33. The summed E-state index contributed by atoms with van der Waals surface area (Å²) in [6.07, 6.45) is -3.12. The molecule has 0 bridgehead atoms. The first kappa shape index (κ1) is 20.9. The highest BCUT2D eigenvalue weighted by molar-refractivity contribution is 7.09. The van der Waals surface area contributed by atoms with Gasteiger partial charge in [0.1, 0.15) is 5.82 Å². The maximum absolute atomic E-state index is 13.0. The highest BCUT2D eigenvalue weighted by atomic mass is 32.1. The van der Waals surface area contributed by atoms with Gasteiger partial charge < -0.3 is 15.5 Å². The summed E-state index contributed by atoms with van der Waals surface area (Å²) in [6, 6.07) is 2.27. The Labute approximate surface area is 160 Å². The number of halogens is 3. The molecule has 0 aliphatic rings. The van der Waals surface area contributed by atoms with E-state index in [-0.39, 0.29) is 12.4 Å². The van der Waals surface area contributed by atoms with Gasteiger partial charge in [0.05, 0.1) is 29.4 Å². The van der Waals surface area contributed by atoms with E-state index in [4.69, 9.17) is 0 Å². The Morgan fingerprint density at radius 1 is 1.37 bits per heavy atom. The van der Waals surface area contributed by atoms with E-state index in [1.807, 2.05) is 31.2 Å². The van der Waals surface area contributed by atoms with Crippen LogP contribution in [0.1, 0.15) is 23.2 Å². The molecule has 2 N–H and O–H groups in total. The number of rotatable bonds is 7. The number of thiazole rings is 1. The average Bonchev–Trinajstić information content (AvgIpc) is 3.02. The van der Waals surface area contributed by atoms with Crippen LogP contribution in [-0.4, -0.2) is 47.5 Å². The number of nitrogens with one attached hydrogen (secondary N) is 2. The van der Waals surface area contributed by atoms with Crippen LogP contribution in [0.5, 0.6) is 0 Å². The summed E-state index contributed by atoms with van der Waals surface area (Å²) in [5, 5.41) is 8.88. The molecule has 0 saturated carbocycles. The lowest BCUT2D eigenvalue weighted by Gasteiger charge is -2.21. The lowest BCUT2D eigenvalue weighted by atomic mass is 10.2. The maximum Gasteiger partial charge on any atom is 0.419 e. The van der Waals surface area contributed by atoms with Crippen molar-refractivity contribution in [2.75, 3.05) is 32.0 Å². The van der Waals surface area contributed by atoms with Gasteiger partial charge in [0.15, 0.2) is 5.96 Å². The van der Waals surface area contributed by atoms with Gasteiger partial charge in [-0.15, -0.1) is 11.3 Å². The fourth-order valence-corrected chi connectivity index (χ4v) is 2.98. The highest BCUT2D eigenvalue weighted by Gasteiger charge is 2.33. The topological polar surface area (TPSA) is 65.4 Å². The van der Waals surface area contributed by atoms with Gasteiger partial charge >= 0.3 is 6.18 Å². The summed E-state index contributed by atoms with van der Waals surface area (Å²) in [7, 11) is 1.89. The Morgan fingerprint density at radius 3 is 2.78 bits per heavy atom. The molecule has 0 fully saturated rings. The standard InChI is InChI=1S/C17H23F3N6S/c1-4-21-16(26(3)10-13-11-27-12(2)25-13)24-9-8-23-15-14(17(18,19)20)6-5-7-22-15/h5-7,11H,4,8-10H2,1-3H3,(H,21,24)(H,22,23). The zero-order valence-electron chi connectivity index (χ0n) is 15.5. The van der Waals surface area contributed by atoms with E-state index < -0.39 is 11.7 Å². The third kappa shape index (κ3) is 6.38. The van der Waals surface area contributed by atoms with Gasteiger partial charge in [-0.25, -0.2) is 9.97 Å². The molecular formula is C17H23F3N6S. The van der Waals surface area contributed by atoms with Gasteiger partial charge in [-0.1, -0.05) is 0 Å². The summed E-state index contributed by atoms with van der Waals surface area (Å²) in [5.74, 6) is 0.485. The zero-order valence-corrected chi connectivity index (χ0v) is 16.3. The van der Waals surface area contributed by atoms with E-state index in [1.165, 1.54) is 12.3 Å². The van der Waals surface area contributed by atoms with Crippen molar-refractivity contribution in [2.24, 2.45) is 4.99 Å². The van der Waals surface area contributed by atoms with E-state index in [0.717, 1.165) is 16.8 Å². The average molecular weight is 400 g/mol. The van der Waals surface area contributed by atoms with E-state index in [2.05, 4.69) is 25.6 Å². The number of anilines is 1. The van der Waals surface area contributed by atoms with E-state index in [9.17, 15) is 13.2 Å². The molecule has 0 amide bonds. The molecule has 10 heteroatoms. The van der Waals surface area contributed by atoms with Crippen molar-refractivity contribution < 1.29 is 13.2 Å². The van der Waals surface area contributed by atoms with Gasteiger partial charge in [-0.3, -0.25) is 4.99 Å².